The van der Waals surface area contributed by atoms with Crippen molar-refractivity contribution in [1.29, 1.82) is 0 Å². The highest BCUT2D eigenvalue weighted by molar-refractivity contribution is 6.35. The molecule has 3 aromatic carbocycles. The molecule has 1 heterocycles. The molecule has 2 amide bonds. The van der Waals surface area contributed by atoms with Crippen LogP contribution in [0.5, 0.6) is 0 Å². The fraction of sp³-hybridized carbons (Fsp3) is 0.0370. The first-order valence-corrected chi connectivity index (χ1v) is 11.2. The van der Waals surface area contributed by atoms with E-state index in [1.165, 1.54) is 6.08 Å². The number of nitrogens with one attached hydrogen (secondary N) is 2. The molecule has 34 heavy (non-hydrogen) atoms. The number of carbonyl (C=O) groups is 2. The van der Waals surface area contributed by atoms with Crippen molar-refractivity contribution in [3.63, 3.8) is 0 Å². The Morgan fingerprint density at radius 1 is 0.794 bits per heavy atom. The van der Waals surface area contributed by atoms with Gasteiger partial charge in [0.2, 0.25) is 11.8 Å². The van der Waals surface area contributed by atoms with Crippen LogP contribution in [-0.2, 0) is 16.0 Å². The number of hydrogen-bond acceptors (Lipinski definition) is 3. The van der Waals surface area contributed by atoms with E-state index in [-0.39, 0.29) is 11.8 Å². The average Bonchev–Trinajstić information content (AvgIpc) is 3.28. The van der Waals surface area contributed by atoms with Crippen LogP contribution in [0.15, 0.2) is 95.4 Å². The first-order valence-electron chi connectivity index (χ1n) is 10.4. The van der Waals surface area contributed by atoms with Gasteiger partial charge >= 0.3 is 0 Å². The maximum Gasteiger partial charge on any atom is 0.248 e. The molecule has 0 aliphatic heterocycles. The molecule has 0 bridgehead atoms. The first kappa shape index (κ1) is 23.4. The van der Waals surface area contributed by atoms with Gasteiger partial charge in [-0.05, 0) is 66.2 Å². The summed E-state index contributed by atoms with van der Waals surface area (Å²) in [6.07, 6.45) is 3.25. The van der Waals surface area contributed by atoms with E-state index in [0.29, 0.717) is 39.4 Å². The van der Waals surface area contributed by atoms with Crippen LogP contribution in [0, 0.1) is 0 Å². The van der Waals surface area contributed by atoms with E-state index in [1.54, 1.807) is 60.7 Å². The summed E-state index contributed by atoms with van der Waals surface area (Å²) in [5.74, 6) is 0.681. The molecule has 7 heteroatoms. The quantitative estimate of drug-likeness (QED) is 0.271. The highest BCUT2D eigenvalue weighted by atomic mass is 35.5. The van der Waals surface area contributed by atoms with Gasteiger partial charge in [-0.3, -0.25) is 9.59 Å². The Morgan fingerprint density at radius 3 is 2.12 bits per heavy atom. The largest absolute Gasteiger partial charge is 0.457 e. The molecular weight excluding hydrogens is 471 g/mol. The maximum absolute atomic E-state index is 12.3. The minimum atomic E-state index is -0.315. The van der Waals surface area contributed by atoms with Gasteiger partial charge in [0.15, 0.2) is 0 Å². The Bertz CT molecular complexity index is 1310. The minimum absolute atomic E-state index is 0.108. The van der Waals surface area contributed by atoms with Gasteiger partial charge in [0.05, 0.1) is 6.42 Å². The number of anilines is 2. The normalized spacial score (nSPS) is 10.9. The zero-order valence-corrected chi connectivity index (χ0v) is 19.4. The number of hydrogen-bond donors (Lipinski definition) is 2. The molecule has 0 aliphatic rings. The number of carbonyl (C=O) groups excluding carboxylic acids is 2. The van der Waals surface area contributed by atoms with Gasteiger partial charge < -0.3 is 15.1 Å². The fourth-order valence-electron chi connectivity index (χ4n) is 3.26. The predicted octanol–water partition coefficient (Wildman–Crippen LogP) is 7.09. The third-order valence-electron chi connectivity index (χ3n) is 4.82. The Labute approximate surface area is 207 Å². The van der Waals surface area contributed by atoms with Crippen LogP contribution in [0.3, 0.4) is 0 Å². The van der Waals surface area contributed by atoms with Crippen LogP contribution in [0.25, 0.3) is 17.4 Å². The molecule has 4 rings (SSSR count). The molecular formula is C27H20Cl2N2O3. The second-order valence-electron chi connectivity index (χ2n) is 7.47. The third kappa shape index (κ3) is 6.61. The van der Waals surface area contributed by atoms with Gasteiger partial charge in [-0.25, -0.2) is 0 Å². The Hall–Kier alpha value is -3.80. The number of halogens is 2. The van der Waals surface area contributed by atoms with Crippen molar-refractivity contribution in [1.82, 2.24) is 0 Å². The molecule has 0 saturated heterocycles. The molecule has 5 nitrogen and oxygen atoms in total. The summed E-state index contributed by atoms with van der Waals surface area (Å²) in [7, 11) is 0. The lowest BCUT2D eigenvalue weighted by Crippen LogP contribution is -2.14. The highest BCUT2D eigenvalue weighted by Crippen LogP contribution is 2.29. The van der Waals surface area contributed by atoms with Gasteiger partial charge in [0, 0.05) is 33.1 Å². The molecule has 4 aromatic rings. The highest BCUT2D eigenvalue weighted by Gasteiger charge is 2.07. The predicted molar refractivity (Wildman–Crippen MR) is 137 cm³/mol. The summed E-state index contributed by atoms with van der Waals surface area (Å²) in [5.41, 5.74) is 2.94. The number of amides is 2. The minimum Gasteiger partial charge on any atom is -0.457 e. The molecule has 1 aromatic heterocycles. The van der Waals surface area contributed by atoms with Crippen molar-refractivity contribution in [3.05, 3.63) is 112 Å². The summed E-state index contributed by atoms with van der Waals surface area (Å²) >= 11 is 12.1. The SMILES string of the molecule is O=C(/C=C/c1ccc(-c2cc(Cl)cc(Cl)c2)o1)Nc1ccc(NC(=O)Cc2ccccc2)cc1. The summed E-state index contributed by atoms with van der Waals surface area (Å²) in [5, 5.41) is 6.64. The third-order valence-corrected chi connectivity index (χ3v) is 5.25. The second-order valence-corrected chi connectivity index (χ2v) is 8.34. The molecule has 170 valence electrons. The molecule has 0 saturated carbocycles. The van der Waals surface area contributed by atoms with Gasteiger partial charge in [0.1, 0.15) is 11.5 Å². The van der Waals surface area contributed by atoms with Crippen molar-refractivity contribution in [2.24, 2.45) is 0 Å². The Kier molecular flexibility index (Phi) is 7.48. The van der Waals surface area contributed by atoms with Crippen LogP contribution in [0.2, 0.25) is 10.0 Å². The van der Waals surface area contributed by atoms with E-state index in [9.17, 15) is 9.59 Å². The zero-order valence-electron chi connectivity index (χ0n) is 17.9. The number of furan rings is 1. The zero-order chi connectivity index (χ0) is 23.9. The van der Waals surface area contributed by atoms with Crippen molar-refractivity contribution in [2.75, 3.05) is 10.6 Å². The van der Waals surface area contributed by atoms with Gasteiger partial charge in [0.25, 0.3) is 0 Å². The summed E-state index contributed by atoms with van der Waals surface area (Å²) in [6, 6.07) is 25.1. The standard InChI is InChI=1S/C27H20Cl2N2O3/c28-20-15-19(16-21(29)17-20)25-12-10-24(34-25)11-13-26(32)30-22-6-8-23(9-7-22)31-27(33)14-18-4-2-1-3-5-18/h1-13,15-17H,14H2,(H,30,32)(H,31,33)/b13-11+. The molecule has 0 radical (unpaired) electrons. The fourth-order valence-corrected chi connectivity index (χ4v) is 3.78. The van der Waals surface area contributed by atoms with E-state index in [4.69, 9.17) is 27.6 Å². The van der Waals surface area contributed by atoms with Crippen LogP contribution < -0.4 is 10.6 Å². The molecule has 0 spiro atoms. The van der Waals surface area contributed by atoms with Crippen molar-refractivity contribution in [3.8, 4) is 11.3 Å². The summed E-state index contributed by atoms with van der Waals surface area (Å²) in [6.45, 7) is 0. The number of benzene rings is 3. The van der Waals surface area contributed by atoms with Gasteiger partial charge in [-0.15, -0.1) is 0 Å². The van der Waals surface area contributed by atoms with Crippen molar-refractivity contribution >= 4 is 52.5 Å². The lowest BCUT2D eigenvalue weighted by Gasteiger charge is -2.07. The van der Waals surface area contributed by atoms with E-state index >= 15 is 0 Å². The summed E-state index contributed by atoms with van der Waals surface area (Å²) in [4.78, 5) is 24.5. The van der Waals surface area contributed by atoms with E-state index < -0.39 is 0 Å². The molecule has 0 atom stereocenters. The van der Waals surface area contributed by atoms with Gasteiger partial charge in [-0.2, -0.15) is 0 Å². The molecule has 2 N–H and O–H groups in total. The molecule has 0 unspecified atom stereocenters. The lowest BCUT2D eigenvalue weighted by molar-refractivity contribution is -0.115. The lowest BCUT2D eigenvalue weighted by atomic mass is 10.1. The second kappa shape index (κ2) is 10.9. The Morgan fingerprint density at radius 2 is 1.44 bits per heavy atom. The molecule has 0 fully saturated rings. The van der Waals surface area contributed by atoms with Gasteiger partial charge in [-0.1, -0.05) is 53.5 Å². The average molecular weight is 491 g/mol. The summed E-state index contributed by atoms with van der Waals surface area (Å²) < 4.78 is 5.75. The van der Waals surface area contributed by atoms with Crippen LogP contribution >= 0.6 is 23.2 Å². The van der Waals surface area contributed by atoms with Crippen molar-refractivity contribution < 1.29 is 14.0 Å². The van der Waals surface area contributed by atoms with Crippen LogP contribution in [0.1, 0.15) is 11.3 Å². The van der Waals surface area contributed by atoms with Crippen LogP contribution in [-0.4, -0.2) is 11.8 Å². The van der Waals surface area contributed by atoms with E-state index in [1.807, 2.05) is 30.3 Å². The number of rotatable bonds is 7. The first-order chi connectivity index (χ1) is 16.4. The smallest absolute Gasteiger partial charge is 0.248 e. The van der Waals surface area contributed by atoms with E-state index in [0.717, 1.165) is 11.1 Å². The Balaban J connectivity index is 1.31. The molecule has 0 aliphatic carbocycles. The monoisotopic (exact) mass is 490 g/mol. The van der Waals surface area contributed by atoms with Crippen LogP contribution in [0.4, 0.5) is 11.4 Å². The maximum atomic E-state index is 12.3. The van der Waals surface area contributed by atoms with E-state index in [2.05, 4.69) is 10.6 Å². The van der Waals surface area contributed by atoms with Crippen molar-refractivity contribution in [2.45, 2.75) is 6.42 Å². The topological polar surface area (TPSA) is 71.3 Å².